The van der Waals surface area contributed by atoms with E-state index in [0.717, 1.165) is 6.07 Å². The van der Waals surface area contributed by atoms with Crippen LogP contribution in [0.15, 0.2) is 24.3 Å². The summed E-state index contributed by atoms with van der Waals surface area (Å²) >= 11 is 0. The average Bonchev–Trinajstić information content (AvgIpc) is 2.27. The predicted molar refractivity (Wildman–Crippen MR) is 64.1 cm³/mol. The third-order valence-electron chi connectivity index (χ3n) is 2.87. The van der Waals surface area contributed by atoms with Crippen molar-refractivity contribution in [2.75, 3.05) is 6.61 Å². The van der Waals surface area contributed by atoms with Crippen LogP contribution in [0.3, 0.4) is 0 Å². The maximum absolute atomic E-state index is 12.9. The van der Waals surface area contributed by atoms with Gasteiger partial charge in [-0.3, -0.25) is 0 Å². The van der Waals surface area contributed by atoms with Gasteiger partial charge in [0.25, 0.3) is 0 Å². The zero-order valence-electron chi connectivity index (χ0n) is 10.7. The zero-order valence-corrected chi connectivity index (χ0v) is 10.7. The molecular weight excluding hydrogens is 243 g/mol. The summed E-state index contributed by atoms with van der Waals surface area (Å²) in [4.78, 5) is 0. The molecule has 0 saturated carbocycles. The highest BCUT2D eigenvalue weighted by Gasteiger charge is 2.38. The molecule has 0 radical (unpaired) electrons. The minimum absolute atomic E-state index is 0.0588. The van der Waals surface area contributed by atoms with Crippen molar-refractivity contribution in [3.63, 3.8) is 0 Å². The van der Waals surface area contributed by atoms with Crippen LogP contribution in [0.4, 0.5) is 13.2 Å². The number of benzene rings is 1. The second-order valence-corrected chi connectivity index (χ2v) is 4.60. The summed E-state index contributed by atoms with van der Waals surface area (Å²) in [5.74, 6) is 0. The SMILES string of the molecule is CCOC(C)(C)C(N)c1ccccc1C(F)(F)F. The van der Waals surface area contributed by atoms with Crippen molar-refractivity contribution < 1.29 is 17.9 Å². The molecule has 102 valence electrons. The fourth-order valence-corrected chi connectivity index (χ4v) is 1.86. The van der Waals surface area contributed by atoms with Crippen LogP contribution in [0.5, 0.6) is 0 Å². The van der Waals surface area contributed by atoms with E-state index in [9.17, 15) is 13.2 Å². The van der Waals surface area contributed by atoms with E-state index >= 15 is 0 Å². The molecule has 0 saturated heterocycles. The summed E-state index contributed by atoms with van der Waals surface area (Å²) in [6.45, 7) is 5.56. The normalized spacial score (nSPS) is 14.6. The summed E-state index contributed by atoms with van der Waals surface area (Å²) in [7, 11) is 0. The molecule has 0 aromatic heterocycles. The lowest BCUT2D eigenvalue weighted by atomic mass is 9.89. The van der Waals surface area contributed by atoms with E-state index in [2.05, 4.69) is 0 Å². The monoisotopic (exact) mass is 261 g/mol. The van der Waals surface area contributed by atoms with Gasteiger partial charge in [0.05, 0.1) is 17.2 Å². The third kappa shape index (κ3) is 3.23. The molecule has 1 unspecified atom stereocenters. The molecule has 1 aromatic carbocycles. The second-order valence-electron chi connectivity index (χ2n) is 4.60. The Morgan fingerprint density at radius 2 is 1.78 bits per heavy atom. The third-order valence-corrected chi connectivity index (χ3v) is 2.87. The minimum Gasteiger partial charge on any atom is -0.374 e. The molecule has 0 bridgehead atoms. The Morgan fingerprint density at radius 3 is 2.28 bits per heavy atom. The Kier molecular flexibility index (Phi) is 4.40. The molecule has 18 heavy (non-hydrogen) atoms. The smallest absolute Gasteiger partial charge is 0.374 e. The van der Waals surface area contributed by atoms with Crippen LogP contribution in [0.1, 0.15) is 37.9 Å². The van der Waals surface area contributed by atoms with E-state index in [1.807, 2.05) is 0 Å². The van der Waals surface area contributed by atoms with Gasteiger partial charge in [-0.05, 0) is 32.4 Å². The van der Waals surface area contributed by atoms with Crippen LogP contribution < -0.4 is 5.73 Å². The first-order chi connectivity index (χ1) is 8.20. The van der Waals surface area contributed by atoms with Gasteiger partial charge in [-0.15, -0.1) is 0 Å². The van der Waals surface area contributed by atoms with Gasteiger partial charge in [0, 0.05) is 6.61 Å². The van der Waals surface area contributed by atoms with Crippen molar-refractivity contribution >= 4 is 0 Å². The highest BCUT2D eigenvalue weighted by molar-refractivity contribution is 5.33. The molecule has 1 rings (SSSR count). The summed E-state index contributed by atoms with van der Waals surface area (Å²) in [6, 6.07) is 4.50. The average molecular weight is 261 g/mol. The Morgan fingerprint density at radius 1 is 1.22 bits per heavy atom. The van der Waals surface area contributed by atoms with Gasteiger partial charge in [-0.1, -0.05) is 18.2 Å². The Balaban J connectivity index is 3.17. The van der Waals surface area contributed by atoms with E-state index in [-0.39, 0.29) is 5.56 Å². The molecule has 2 N–H and O–H groups in total. The topological polar surface area (TPSA) is 35.2 Å². The number of rotatable bonds is 4. The van der Waals surface area contributed by atoms with E-state index in [1.165, 1.54) is 12.1 Å². The Hall–Kier alpha value is -1.07. The van der Waals surface area contributed by atoms with Gasteiger partial charge in [0.2, 0.25) is 0 Å². The number of halogens is 3. The predicted octanol–water partition coefficient (Wildman–Crippen LogP) is 3.52. The molecule has 0 amide bonds. The van der Waals surface area contributed by atoms with Gasteiger partial charge >= 0.3 is 6.18 Å². The molecular formula is C13H18F3NO. The number of hydrogen-bond acceptors (Lipinski definition) is 2. The quantitative estimate of drug-likeness (QED) is 0.900. The minimum atomic E-state index is -4.41. The van der Waals surface area contributed by atoms with Crippen LogP contribution >= 0.6 is 0 Å². The number of nitrogens with two attached hydrogens (primary N) is 1. The van der Waals surface area contributed by atoms with Crippen molar-refractivity contribution in [2.45, 2.75) is 38.6 Å². The summed E-state index contributed by atoms with van der Waals surface area (Å²) in [5.41, 5.74) is 4.44. The van der Waals surface area contributed by atoms with Gasteiger partial charge in [0.1, 0.15) is 0 Å². The van der Waals surface area contributed by atoms with Crippen molar-refractivity contribution in [2.24, 2.45) is 5.73 Å². The maximum atomic E-state index is 12.9. The Bertz CT molecular complexity index is 401. The first-order valence-electron chi connectivity index (χ1n) is 5.75. The molecule has 0 aliphatic heterocycles. The summed E-state index contributed by atoms with van der Waals surface area (Å²) < 4.78 is 44.1. The summed E-state index contributed by atoms with van der Waals surface area (Å²) in [5, 5.41) is 0. The lowest BCUT2D eigenvalue weighted by Crippen LogP contribution is -2.39. The highest BCUT2D eigenvalue weighted by atomic mass is 19.4. The Labute approximate surface area is 105 Å². The molecule has 1 atom stereocenters. The molecule has 0 heterocycles. The lowest BCUT2D eigenvalue weighted by Gasteiger charge is -2.33. The number of ether oxygens (including phenoxy) is 1. The van der Waals surface area contributed by atoms with E-state index < -0.39 is 23.4 Å². The molecule has 0 fully saturated rings. The number of hydrogen-bond donors (Lipinski definition) is 1. The molecule has 0 spiro atoms. The van der Waals surface area contributed by atoms with Crippen LogP contribution in [-0.2, 0) is 10.9 Å². The standard InChI is InChI=1S/C13H18F3NO/c1-4-18-12(2,3)11(17)9-7-5-6-8-10(9)13(14,15)16/h5-8,11H,4,17H2,1-3H3. The van der Waals surface area contributed by atoms with Gasteiger partial charge in [-0.2, -0.15) is 13.2 Å². The molecule has 0 aliphatic carbocycles. The van der Waals surface area contributed by atoms with Crippen molar-refractivity contribution in [1.29, 1.82) is 0 Å². The molecule has 0 aliphatic rings. The maximum Gasteiger partial charge on any atom is 0.416 e. The first-order valence-corrected chi connectivity index (χ1v) is 5.75. The first kappa shape index (κ1) is 15.0. The molecule has 5 heteroatoms. The number of alkyl halides is 3. The van der Waals surface area contributed by atoms with Gasteiger partial charge in [-0.25, -0.2) is 0 Å². The van der Waals surface area contributed by atoms with Gasteiger partial charge < -0.3 is 10.5 Å². The molecule has 2 nitrogen and oxygen atoms in total. The zero-order chi connectivity index (χ0) is 14.0. The van der Waals surface area contributed by atoms with Crippen LogP contribution in [-0.4, -0.2) is 12.2 Å². The van der Waals surface area contributed by atoms with E-state index in [0.29, 0.717) is 6.61 Å². The van der Waals surface area contributed by atoms with E-state index in [4.69, 9.17) is 10.5 Å². The van der Waals surface area contributed by atoms with Gasteiger partial charge in [0.15, 0.2) is 0 Å². The second kappa shape index (κ2) is 5.28. The fourth-order valence-electron chi connectivity index (χ4n) is 1.86. The van der Waals surface area contributed by atoms with Crippen LogP contribution in [0, 0.1) is 0 Å². The van der Waals surface area contributed by atoms with Crippen molar-refractivity contribution in [3.8, 4) is 0 Å². The molecule has 1 aromatic rings. The van der Waals surface area contributed by atoms with Crippen LogP contribution in [0.25, 0.3) is 0 Å². The lowest BCUT2D eigenvalue weighted by molar-refractivity contribution is -0.139. The summed E-state index contributed by atoms with van der Waals surface area (Å²) in [6.07, 6.45) is -4.41. The fraction of sp³-hybridized carbons (Fsp3) is 0.538. The largest absolute Gasteiger partial charge is 0.416 e. The van der Waals surface area contributed by atoms with Crippen LogP contribution in [0.2, 0.25) is 0 Å². The van der Waals surface area contributed by atoms with Crippen molar-refractivity contribution in [3.05, 3.63) is 35.4 Å². The van der Waals surface area contributed by atoms with E-state index in [1.54, 1.807) is 26.8 Å². The van der Waals surface area contributed by atoms with Crippen molar-refractivity contribution in [1.82, 2.24) is 0 Å². The highest BCUT2D eigenvalue weighted by Crippen LogP contribution is 2.37.